The average Bonchev–Trinajstić information content (AvgIpc) is 3.30. The lowest BCUT2D eigenvalue weighted by Gasteiger charge is -2.30. The van der Waals surface area contributed by atoms with E-state index < -0.39 is 0 Å². The minimum Gasteiger partial charge on any atom is -0.489 e. The van der Waals surface area contributed by atoms with E-state index in [1.165, 1.54) is 22.5 Å². The van der Waals surface area contributed by atoms with Crippen LogP contribution < -0.4 is 19.6 Å². The van der Waals surface area contributed by atoms with Gasteiger partial charge in [-0.25, -0.2) is 4.99 Å². The van der Waals surface area contributed by atoms with Crippen LogP contribution in [0, 0.1) is 0 Å². The second kappa shape index (κ2) is 10.9. The Balaban J connectivity index is 1.30. The minimum absolute atomic E-state index is 0.0414. The molecule has 0 bridgehead atoms. The molecule has 0 fully saturated rings. The molecule has 1 atom stereocenters. The van der Waals surface area contributed by atoms with Crippen molar-refractivity contribution < 1.29 is 4.74 Å². The van der Waals surface area contributed by atoms with Gasteiger partial charge in [0.05, 0.1) is 16.3 Å². The van der Waals surface area contributed by atoms with Crippen LogP contribution in [0.4, 0.5) is 0 Å². The van der Waals surface area contributed by atoms with Gasteiger partial charge in [0.2, 0.25) is 0 Å². The van der Waals surface area contributed by atoms with E-state index in [4.69, 9.17) is 21.3 Å². The summed E-state index contributed by atoms with van der Waals surface area (Å²) in [4.78, 5) is 19.8. The number of thiazole rings is 1. The first-order valence-corrected chi connectivity index (χ1v) is 15.4. The van der Waals surface area contributed by atoms with Crippen molar-refractivity contribution >= 4 is 50.6 Å². The maximum absolute atomic E-state index is 14.0. The van der Waals surface area contributed by atoms with Crippen LogP contribution in [-0.2, 0) is 13.0 Å². The largest absolute Gasteiger partial charge is 0.489 e. The molecule has 0 radical (unpaired) electrons. The molecule has 1 aliphatic carbocycles. The number of rotatable bonds is 5. The number of nitrogens with zero attached hydrogens (tertiary/aromatic N) is 2. The number of aryl methyl sites for hydroxylation is 1. The highest BCUT2D eigenvalue weighted by Crippen LogP contribution is 2.41. The van der Waals surface area contributed by atoms with Gasteiger partial charge in [-0.2, -0.15) is 0 Å². The van der Waals surface area contributed by atoms with Gasteiger partial charge < -0.3 is 4.74 Å². The molecule has 7 rings (SSSR count). The molecule has 1 aliphatic heterocycles. The predicted octanol–water partition coefficient (Wildman–Crippen LogP) is 7.31. The summed E-state index contributed by atoms with van der Waals surface area (Å²) in [6.07, 6.45) is 3.71. The van der Waals surface area contributed by atoms with E-state index in [0.29, 0.717) is 21.0 Å². The van der Waals surface area contributed by atoms with Gasteiger partial charge in [0, 0.05) is 15.1 Å². The van der Waals surface area contributed by atoms with E-state index in [-0.39, 0.29) is 11.6 Å². The van der Waals surface area contributed by atoms with Crippen LogP contribution in [0.2, 0.25) is 5.02 Å². The number of benzene rings is 4. The zero-order valence-electron chi connectivity index (χ0n) is 21.9. The minimum atomic E-state index is -0.227. The molecule has 4 aromatic carbocycles. The summed E-state index contributed by atoms with van der Waals surface area (Å²) in [5.41, 5.74) is 7.59. The molecule has 202 valence electrons. The molecule has 0 saturated carbocycles. The summed E-state index contributed by atoms with van der Waals surface area (Å²) in [5, 5.41) is 0.673. The van der Waals surface area contributed by atoms with Crippen LogP contribution >= 0.6 is 38.9 Å². The van der Waals surface area contributed by atoms with Crippen molar-refractivity contribution in [3.63, 3.8) is 0 Å². The fraction of sp³-hybridized carbons (Fsp3) is 0.118. The molecule has 2 aliphatic rings. The topological polar surface area (TPSA) is 43.6 Å². The van der Waals surface area contributed by atoms with Gasteiger partial charge in [-0.15, -0.1) is 0 Å². The first kappa shape index (κ1) is 26.2. The van der Waals surface area contributed by atoms with Crippen molar-refractivity contribution in [2.45, 2.75) is 25.5 Å². The SMILES string of the molecule is O=c1/c(=C/c2cccc(OCc3ccc(Br)cc3)c2)sc2n1C(c1ccc(Cl)cc1)C1=C(N=2)c2ccccc2CC1. The summed E-state index contributed by atoms with van der Waals surface area (Å²) >= 11 is 11.1. The summed E-state index contributed by atoms with van der Waals surface area (Å²) in [5.74, 6) is 0.751. The van der Waals surface area contributed by atoms with Crippen LogP contribution in [0.1, 0.15) is 40.3 Å². The Hall–Kier alpha value is -3.71. The number of allylic oxidation sites excluding steroid dienone is 1. The molecule has 41 heavy (non-hydrogen) atoms. The van der Waals surface area contributed by atoms with Gasteiger partial charge in [-0.3, -0.25) is 9.36 Å². The van der Waals surface area contributed by atoms with E-state index >= 15 is 0 Å². The van der Waals surface area contributed by atoms with Crippen molar-refractivity contribution in [2.24, 2.45) is 4.99 Å². The van der Waals surface area contributed by atoms with Crippen LogP contribution in [0.3, 0.4) is 0 Å². The lowest BCUT2D eigenvalue weighted by atomic mass is 9.83. The van der Waals surface area contributed by atoms with Crippen molar-refractivity contribution in [1.82, 2.24) is 4.57 Å². The highest BCUT2D eigenvalue weighted by atomic mass is 79.9. The Kier molecular flexibility index (Phi) is 6.99. The molecular weight excluding hydrogens is 616 g/mol. The van der Waals surface area contributed by atoms with Crippen molar-refractivity contribution in [1.29, 1.82) is 0 Å². The summed E-state index contributed by atoms with van der Waals surface area (Å²) in [6.45, 7) is 0.465. The zero-order chi connectivity index (χ0) is 27.9. The van der Waals surface area contributed by atoms with Crippen LogP contribution in [0.25, 0.3) is 11.8 Å². The first-order valence-electron chi connectivity index (χ1n) is 13.4. The van der Waals surface area contributed by atoms with Crippen LogP contribution in [-0.4, -0.2) is 4.57 Å². The Morgan fingerprint density at radius 3 is 2.61 bits per heavy atom. The molecule has 5 aromatic rings. The smallest absolute Gasteiger partial charge is 0.271 e. The number of hydrogen-bond acceptors (Lipinski definition) is 4. The molecule has 0 N–H and O–H groups in total. The fourth-order valence-corrected chi connectivity index (χ4v) is 6.95. The second-order valence-electron chi connectivity index (χ2n) is 10.2. The summed E-state index contributed by atoms with van der Waals surface area (Å²) in [7, 11) is 0. The van der Waals surface area contributed by atoms with Crippen LogP contribution in [0.5, 0.6) is 5.75 Å². The molecule has 7 heteroatoms. The van der Waals surface area contributed by atoms with Gasteiger partial charge in [0.25, 0.3) is 5.56 Å². The zero-order valence-corrected chi connectivity index (χ0v) is 25.0. The Morgan fingerprint density at radius 1 is 0.976 bits per heavy atom. The standard InChI is InChI=1S/C34H24BrClN2O2S/c35-25-13-8-21(9-14-25)20-40-27-6-3-4-22(18-27)19-30-33(39)38-32(24-10-15-26(36)16-11-24)29-17-12-23-5-1-2-7-28(23)31(29)37-34(38)41-30/h1-11,13-16,18-19,32H,12,17,20H2/b30-19-. The summed E-state index contributed by atoms with van der Waals surface area (Å²) in [6, 6.07) is 32.0. The van der Waals surface area contributed by atoms with E-state index in [2.05, 4.69) is 40.2 Å². The number of ether oxygens (including phenoxy) is 1. The first-order chi connectivity index (χ1) is 20.0. The van der Waals surface area contributed by atoms with E-state index in [0.717, 1.165) is 51.0 Å². The normalized spacial score (nSPS) is 16.0. The van der Waals surface area contributed by atoms with E-state index in [9.17, 15) is 4.79 Å². The van der Waals surface area contributed by atoms with E-state index in [1.54, 1.807) is 0 Å². The second-order valence-corrected chi connectivity index (χ2v) is 12.5. The molecule has 0 amide bonds. The number of halogens is 2. The quantitative estimate of drug-likeness (QED) is 0.202. The molecule has 0 saturated heterocycles. The van der Waals surface area contributed by atoms with Crippen LogP contribution in [0.15, 0.2) is 117 Å². The van der Waals surface area contributed by atoms with E-state index in [1.807, 2.05) is 83.4 Å². The molecular formula is C34H24BrClN2O2S. The Morgan fingerprint density at radius 2 is 1.78 bits per heavy atom. The van der Waals surface area contributed by atoms with Gasteiger partial charge in [0.15, 0.2) is 4.80 Å². The maximum atomic E-state index is 14.0. The lowest BCUT2D eigenvalue weighted by molar-refractivity contribution is 0.306. The Labute approximate surface area is 254 Å². The van der Waals surface area contributed by atoms with Gasteiger partial charge >= 0.3 is 0 Å². The summed E-state index contributed by atoms with van der Waals surface area (Å²) < 4.78 is 9.59. The van der Waals surface area contributed by atoms with Crippen molar-refractivity contribution in [3.8, 4) is 5.75 Å². The third-order valence-corrected chi connectivity index (χ3v) is 9.30. The molecule has 4 nitrogen and oxygen atoms in total. The van der Waals surface area contributed by atoms with Gasteiger partial charge in [-0.05, 0) is 83.1 Å². The Bertz CT molecular complexity index is 1990. The van der Waals surface area contributed by atoms with Gasteiger partial charge in [-0.1, -0.05) is 99.5 Å². The number of aromatic nitrogens is 1. The maximum Gasteiger partial charge on any atom is 0.271 e. The molecule has 1 unspecified atom stereocenters. The molecule has 1 aromatic heterocycles. The number of fused-ring (bicyclic) bond motifs is 3. The number of hydrogen-bond donors (Lipinski definition) is 0. The predicted molar refractivity (Wildman–Crippen MR) is 169 cm³/mol. The van der Waals surface area contributed by atoms with Crippen molar-refractivity contribution in [2.75, 3.05) is 0 Å². The monoisotopic (exact) mass is 638 g/mol. The highest BCUT2D eigenvalue weighted by molar-refractivity contribution is 9.10. The van der Waals surface area contributed by atoms with Crippen molar-refractivity contribution in [3.05, 3.63) is 160 Å². The molecule has 2 heterocycles. The third-order valence-electron chi connectivity index (χ3n) is 7.53. The third kappa shape index (κ3) is 5.12. The highest BCUT2D eigenvalue weighted by Gasteiger charge is 2.32. The average molecular weight is 640 g/mol. The fourth-order valence-electron chi connectivity index (χ4n) is 5.56. The molecule has 0 spiro atoms. The lowest BCUT2D eigenvalue weighted by Crippen LogP contribution is -2.38. The van der Waals surface area contributed by atoms with Gasteiger partial charge in [0.1, 0.15) is 12.4 Å².